The molecule has 11 heteroatoms. The lowest BCUT2D eigenvalue weighted by Crippen LogP contribution is -2.39. The van der Waals surface area contributed by atoms with Crippen LogP contribution >= 0.6 is 15.9 Å². The number of nitrogens with zero attached hydrogens (tertiary/aromatic N) is 5. The van der Waals surface area contributed by atoms with Crippen LogP contribution in [0, 0.1) is 5.82 Å². The van der Waals surface area contributed by atoms with Gasteiger partial charge in [-0.25, -0.2) is 9.49 Å². The van der Waals surface area contributed by atoms with E-state index in [2.05, 4.69) is 36.3 Å². The van der Waals surface area contributed by atoms with Crippen molar-refractivity contribution in [2.45, 2.75) is 19.5 Å². The second kappa shape index (κ2) is 8.83. The van der Waals surface area contributed by atoms with Crippen molar-refractivity contribution in [3.05, 3.63) is 98.1 Å². The zero-order valence-electron chi connectivity index (χ0n) is 18.7. The Morgan fingerprint density at radius 2 is 1.92 bits per heavy atom. The number of amides is 1. The molecule has 1 N–H and O–H groups in total. The summed E-state index contributed by atoms with van der Waals surface area (Å²) < 4.78 is 22.9. The number of rotatable bonds is 4. The fourth-order valence-electron chi connectivity index (χ4n) is 4.46. The van der Waals surface area contributed by atoms with E-state index in [9.17, 15) is 14.0 Å². The van der Waals surface area contributed by atoms with Crippen molar-refractivity contribution in [1.82, 2.24) is 29.9 Å². The fourth-order valence-corrected chi connectivity index (χ4v) is 4.77. The summed E-state index contributed by atoms with van der Waals surface area (Å²) in [6.07, 6.45) is 0.328. The Kier molecular flexibility index (Phi) is 5.48. The third-order valence-corrected chi connectivity index (χ3v) is 6.67. The third-order valence-electron chi connectivity index (χ3n) is 6.24. The molecule has 0 radical (unpaired) electrons. The summed E-state index contributed by atoms with van der Waals surface area (Å²) in [5, 5.41) is 16.4. The van der Waals surface area contributed by atoms with Crippen LogP contribution in [0.4, 0.5) is 4.39 Å². The molecular weight excluding hydrogens is 531 g/mol. The fraction of sp³-hybridized carbons (Fsp3) is 0.160. The molecule has 9 nitrogen and oxygen atoms in total. The summed E-state index contributed by atoms with van der Waals surface area (Å²) in [7, 11) is 0. The van der Waals surface area contributed by atoms with Crippen molar-refractivity contribution >= 4 is 32.6 Å². The topological polar surface area (TPSA) is 110 Å². The molecule has 0 fully saturated rings. The minimum atomic E-state index is -0.601. The highest BCUT2D eigenvalue weighted by Crippen LogP contribution is 2.27. The standard InChI is InChI=1S/C25H18BrFN6O3/c26-21-8-7-20(36-21)23-30-29-22-13-32(9-10-33(22)23)25(35)17-11-14(5-6-18(17)27)12-19-15-3-1-2-4-16(15)24(34)31-28-19/h1-8,11H,9-10,12-13H2,(H,31,34). The van der Waals surface area contributed by atoms with Crippen LogP contribution in [0.2, 0.25) is 0 Å². The zero-order chi connectivity index (χ0) is 24.8. The molecule has 6 rings (SSSR count). The number of carbonyl (C=O) groups is 1. The normalized spacial score (nSPS) is 13.2. The van der Waals surface area contributed by atoms with Crippen molar-refractivity contribution in [1.29, 1.82) is 0 Å². The van der Waals surface area contributed by atoms with E-state index in [0.717, 1.165) is 0 Å². The number of benzene rings is 2. The van der Waals surface area contributed by atoms with E-state index < -0.39 is 11.7 Å². The maximum atomic E-state index is 14.8. The molecule has 2 aromatic carbocycles. The summed E-state index contributed by atoms with van der Waals surface area (Å²) in [4.78, 5) is 27.0. The Bertz CT molecular complexity index is 1690. The Labute approximate surface area is 211 Å². The molecule has 0 unspecified atom stereocenters. The number of carbonyl (C=O) groups excluding carboxylic acids is 1. The number of nitrogens with one attached hydrogen (secondary N) is 1. The highest BCUT2D eigenvalue weighted by Gasteiger charge is 2.28. The molecule has 0 aliphatic carbocycles. The van der Waals surface area contributed by atoms with Gasteiger partial charge in [-0.2, -0.15) is 5.10 Å². The first-order valence-electron chi connectivity index (χ1n) is 11.2. The first-order valence-corrected chi connectivity index (χ1v) is 12.0. The van der Waals surface area contributed by atoms with E-state index in [1.807, 2.05) is 16.7 Å². The van der Waals surface area contributed by atoms with Gasteiger partial charge in [0.15, 0.2) is 22.1 Å². The van der Waals surface area contributed by atoms with E-state index in [1.165, 1.54) is 6.07 Å². The third kappa shape index (κ3) is 3.91. The monoisotopic (exact) mass is 548 g/mol. The highest BCUT2D eigenvalue weighted by molar-refractivity contribution is 9.10. The Morgan fingerprint density at radius 3 is 2.72 bits per heavy atom. The Balaban J connectivity index is 1.26. The number of hydrogen-bond donors (Lipinski definition) is 1. The lowest BCUT2D eigenvalue weighted by atomic mass is 10.0. The first kappa shape index (κ1) is 22.4. The van der Waals surface area contributed by atoms with Crippen molar-refractivity contribution in [2.75, 3.05) is 6.54 Å². The number of fused-ring (bicyclic) bond motifs is 2. The van der Waals surface area contributed by atoms with Gasteiger partial charge in [-0.05, 0) is 51.8 Å². The van der Waals surface area contributed by atoms with Crippen molar-refractivity contribution in [3.63, 3.8) is 0 Å². The van der Waals surface area contributed by atoms with E-state index in [0.29, 0.717) is 63.6 Å². The van der Waals surface area contributed by atoms with Crippen LogP contribution in [0.25, 0.3) is 22.4 Å². The predicted molar refractivity (Wildman–Crippen MR) is 132 cm³/mol. The average Bonchev–Trinajstić information content (AvgIpc) is 3.52. The minimum absolute atomic E-state index is 0.0237. The van der Waals surface area contributed by atoms with Gasteiger partial charge in [0.2, 0.25) is 0 Å². The van der Waals surface area contributed by atoms with Gasteiger partial charge in [0.25, 0.3) is 11.5 Å². The average molecular weight is 549 g/mol. The molecule has 4 heterocycles. The molecule has 0 saturated carbocycles. The van der Waals surface area contributed by atoms with Crippen LogP contribution in [0.1, 0.15) is 27.4 Å². The molecule has 36 heavy (non-hydrogen) atoms. The van der Waals surface area contributed by atoms with Gasteiger partial charge in [-0.1, -0.05) is 24.3 Å². The molecule has 0 bridgehead atoms. The second-order valence-corrected chi connectivity index (χ2v) is 9.24. The molecule has 180 valence electrons. The summed E-state index contributed by atoms with van der Waals surface area (Å²) in [5.74, 6) is 0.720. The van der Waals surface area contributed by atoms with Crippen molar-refractivity contribution in [2.24, 2.45) is 0 Å². The van der Waals surface area contributed by atoms with Gasteiger partial charge in [0, 0.05) is 24.9 Å². The van der Waals surface area contributed by atoms with Crippen LogP contribution in [0.5, 0.6) is 0 Å². The van der Waals surface area contributed by atoms with Gasteiger partial charge >= 0.3 is 0 Å². The second-order valence-electron chi connectivity index (χ2n) is 8.46. The van der Waals surface area contributed by atoms with E-state index >= 15 is 0 Å². The SMILES string of the molecule is O=C(c1cc(Cc2n[nH]c(=O)c3ccccc23)ccc1F)N1CCn2c(nnc2-c2ccc(Br)o2)C1. The molecule has 0 saturated heterocycles. The highest BCUT2D eigenvalue weighted by atomic mass is 79.9. The van der Waals surface area contributed by atoms with Crippen molar-refractivity contribution < 1.29 is 13.6 Å². The number of halogens is 2. The largest absolute Gasteiger partial charge is 0.446 e. The smallest absolute Gasteiger partial charge is 0.272 e. The van der Waals surface area contributed by atoms with Crippen LogP contribution in [-0.4, -0.2) is 42.3 Å². The number of aromatic amines is 1. The summed E-state index contributed by atoms with van der Waals surface area (Å²) in [6, 6.07) is 15.2. The van der Waals surface area contributed by atoms with Gasteiger partial charge in [-0.3, -0.25) is 9.59 Å². The predicted octanol–water partition coefficient (Wildman–Crippen LogP) is 3.92. The van der Waals surface area contributed by atoms with E-state index in [-0.39, 0.29) is 17.7 Å². The zero-order valence-corrected chi connectivity index (χ0v) is 20.3. The van der Waals surface area contributed by atoms with Crippen LogP contribution in [-0.2, 0) is 19.5 Å². The number of hydrogen-bond acceptors (Lipinski definition) is 6. The van der Waals surface area contributed by atoms with Crippen LogP contribution in [0.3, 0.4) is 0 Å². The van der Waals surface area contributed by atoms with Gasteiger partial charge < -0.3 is 13.9 Å². The molecule has 1 aliphatic rings. The van der Waals surface area contributed by atoms with Crippen LogP contribution in [0.15, 0.2) is 68.5 Å². The lowest BCUT2D eigenvalue weighted by molar-refractivity contribution is 0.0703. The lowest BCUT2D eigenvalue weighted by Gasteiger charge is -2.28. The number of furan rings is 1. The van der Waals surface area contributed by atoms with Gasteiger partial charge in [0.1, 0.15) is 5.82 Å². The molecule has 1 aliphatic heterocycles. The van der Waals surface area contributed by atoms with Crippen LogP contribution < -0.4 is 5.56 Å². The number of aromatic nitrogens is 5. The Hall–Kier alpha value is -4.12. The Morgan fingerprint density at radius 1 is 1.08 bits per heavy atom. The summed E-state index contributed by atoms with van der Waals surface area (Å²) in [6.45, 7) is 1.02. The van der Waals surface area contributed by atoms with E-state index in [1.54, 1.807) is 41.3 Å². The van der Waals surface area contributed by atoms with Gasteiger partial charge in [-0.15, -0.1) is 10.2 Å². The number of H-pyrrole nitrogens is 1. The summed E-state index contributed by atoms with van der Waals surface area (Å²) in [5.41, 5.74) is 1.04. The molecule has 1 amide bonds. The summed E-state index contributed by atoms with van der Waals surface area (Å²) >= 11 is 3.28. The van der Waals surface area contributed by atoms with E-state index in [4.69, 9.17) is 4.42 Å². The van der Waals surface area contributed by atoms with Gasteiger partial charge in [0.05, 0.1) is 23.2 Å². The molecule has 0 atom stereocenters. The van der Waals surface area contributed by atoms with Crippen molar-refractivity contribution in [3.8, 4) is 11.6 Å². The molecular formula is C25H18BrFN6O3. The first-order chi connectivity index (χ1) is 17.5. The maximum absolute atomic E-state index is 14.8. The maximum Gasteiger partial charge on any atom is 0.272 e. The quantitative estimate of drug-likeness (QED) is 0.364. The molecule has 5 aromatic rings. The minimum Gasteiger partial charge on any atom is -0.446 e. The molecule has 3 aromatic heterocycles. The molecule has 0 spiro atoms.